The summed E-state index contributed by atoms with van der Waals surface area (Å²) in [4.78, 5) is 21.9. The smallest absolute Gasteiger partial charge is 0.307 e. The van der Waals surface area contributed by atoms with Gasteiger partial charge in [-0.2, -0.15) is 0 Å². The van der Waals surface area contributed by atoms with Crippen LogP contribution in [-0.2, 0) is 14.3 Å². The lowest BCUT2D eigenvalue weighted by molar-refractivity contribution is -0.140. The van der Waals surface area contributed by atoms with Crippen molar-refractivity contribution in [2.75, 3.05) is 13.7 Å². The lowest BCUT2D eigenvalue weighted by Gasteiger charge is -2.05. The Morgan fingerprint density at radius 3 is 2.60 bits per heavy atom. The summed E-state index contributed by atoms with van der Waals surface area (Å²) < 4.78 is 4.44. The summed E-state index contributed by atoms with van der Waals surface area (Å²) in [5, 5.41) is 2.64. The second-order valence-corrected chi connectivity index (χ2v) is 3.55. The number of carbonyl (C=O) groups excluding carboxylic acids is 2. The fourth-order valence-corrected chi connectivity index (χ4v) is 1.08. The van der Waals surface area contributed by atoms with Crippen molar-refractivity contribution in [1.82, 2.24) is 5.32 Å². The maximum absolute atomic E-state index is 11.2. The molecule has 0 saturated heterocycles. The Labute approximate surface area is 90.4 Å². The van der Waals surface area contributed by atoms with Gasteiger partial charge >= 0.3 is 5.97 Å². The molecule has 0 saturated carbocycles. The second-order valence-electron chi connectivity index (χ2n) is 3.55. The zero-order valence-electron chi connectivity index (χ0n) is 9.41. The van der Waals surface area contributed by atoms with Gasteiger partial charge in [-0.15, -0.1) is 0 Å². The van der Waals surface area contributed by atoms with E-state index in [0.29, 0.717) is 13.0 Å². The van der Waals surface area contributed by atoms with E-state index in [1.54, 1.807) is 0 Å². The number of hydrogen-bond acceptors (Lipinski definition) is 4. The molecular weight excluding hydrogens is 196 g/mol. The molecule has 3 N–H and O–H groups in total. The molecule has 0 rings (SSSR count). The molecule has 0 aliphatic heterocycles. The number of carbonyl (C=O) groups is 2. The average Bonchev–Trinajstić information content (AvgIpc) is 2.17. The molecule has 15 heavy (non-hydrogen) atoms. The van der Waals surface area contributed by atoms with Crippen molar-refractivity contribution >= 4 is 11.9 Å². The van der Waals surface area contributed by atoms with Crippen molar-refractivity contribution in [3.05, 3.63) is 0 Å². The molecule has 0 fully saturated rings. The normalized spacial score (nSPS) is 11.9. The molecule has 0 aromatic rings. The number of esters is 1. The standard InChI is InChI=1S/C10H20N2O3/c1-8(11)4-3-5-9(13)12-7-6-10(14)15-2/h8H,3-7,11H2,1-2H3,(H,12,13). The third-order valence-electron chi connectivity index (χ3n) is 1.94. The van der Waals surface area contributed by atoms with E-state index >= 15 is 0 Å². The van der Waals surface area contributed by atoms with Crippen LogP contribution in [0.25, 0.3) is 0 Å². The third kappa shape index (κ3) is 9.21. The van der Waals surface area contributed by atoms with Crippen LogP contribution in [0.1, 0.15) is 32.6 Å². The van der Waals surface area contributed by atoms with Gasteiger partial charge in [0.1, 0.15) is 0 Å². The first kappa shape index (κ1) is 13.9. The van der Waals surface area contributed by atoms with E-state index in [2.05, 4.69) is 10.1 Å². The molecule has 0 radical (unpaired) electrons. The maximum atomic E-state index is 11.2. The van der Waals surface area contributed by atoms with Gasteiger partial charge < -0.3 is 15.8 Å². The second kappa shape index (κ2) is 8.23. The minimum Gasteiger partial charge on any atom is -0.469 e. The molecule has 0 aliphatic rings. The number of rotatable bonds is 7. The van der Waals surface area contributed by atoms with E-state index in [9.17, 15) is 9.59 Å². The molecule has 88 valence electrons. The topological polar surface area (TPSA) is 81.4 Å². The number of ether oxygens (including phenoxy) is 1. The molecule has 5 heteroatoms. The van der Waals surface area contributed by atoms with Crippen LogP contribution in [0, 0.1) is 0 Å². The highest BCUT2D eigenvalue weighted by atomic mass is 16.5. The summed E-state index contributed by atoms with van der Waals surface area (Å²) >= 11 is 0. The van der Waals surface area contributed by atoms with Crippen LogP contribution in [0.15, 0.2) is 0 Å². The van der Waals surface area contributed by atoms with Gasteiger partial charge in [0.15, 0.2) is 0 Å². The van der Waals surface area contributed by atoms with Gasteiger partial charge in [-0.1, -0.05) is 0 Å². The van der Waals surface area contributed by atoms with E-state index in [4.69, 9.17) is 5.73 Å². The largest absolute Gasteiger partial charge is 0.469 e. The summed E-state index contributed by atoms with van der Waals surface area (Å²) in [6.45, 7) is 2.25. The molecule has 0 spiro atoms. The predicted octanol–water partition coefficient (Wildman–Crippen LogP) is 0.183. The molecule has 0 aromatic heterocycles. The molecule has 0 heterocycles. The van der Waals surface area contributed by atoms with Gasteiger partial charge in [0.25, 0.3) is 0 Å². The summed E-state index contributed by atoms with van der Waals surface area (Å²) in [6.07, 6.45) is 2.30. The number of amides is 1. The Hall–Kier alpha value is -1.10. The van der Waals surface area contributed by atoms with Gasteiger partial charge in [0, 0.05) is 19.0 Å². The fourth-order valence-electron chi connectivity index (χ4n) is 1.08. The molecule has 0 bridgehead atoms. The number of nitrogens with two attached hydrogens (primary N) is 1. The van der Waals surface area contributed by atoms with Crippen LogP contribution in [0.5, 0.6) is 0 Å². The molecule has 1 amide bonds. The van der Waals surface area contributed by atoms with Crippen molar-refractivity contribution in [2.45, 2.75) is 38.6 Å². The first-order chi connectivity index (χ1) is 7.06. The molecule has 0 aromatic carbocycles. The van der Waals surface area contributed by atoms with Crippen LogP contribution < -0.4 is 11.1 Å². The molecule has 1 atom stereocenters. The summed E-state index contributed by atoms with van der Waals surface area (Å²) in [6, 6.07) is 0.132. The Balaban J connectivity index is 3.37. The maximum Gasteiger partial charge on any atom is 0.307 e. The summed E-state index contributed by atoms with van der Waals surface area (Å²) in [5.74, 6) is -0.356. The zero-order valence-corrected chi connectivity index (χ0v) is 9.41. The number of nitrogens with one attached hydrogen (secondary N) is 1. The Bertz CT molecular complexity index is 205. The van der Waals surface area contributed by atoms with Crippen LogP contribution in [0.4, 0.5) is 0 Å². The lowest BCUT2D eigenvalue weighted by atomic mass is 10.1. The van der Waals surface area contributed by atoms with Crippen LogP contribution in [0.3, 0.4) is 0 Å². The van der Waals surface area contributed by atoms with Gasteiger partial charge in [-0.3, -0.25) is 9.59 Å². The molecule has 5 nitrogen and oxygen atoms in total. The van der Waals surface area contributed by atoms with Crippen LogP contribution in [-0.4, -0.2) is 31.6 Å². The van der Waals surface area contributed by atoms with Gasteiger partial charge in [0.2, 0.25) is 5.91 Å². The van der Waals surface area contributed by atoms with Crippen molar-refractivity contribution in [3.63, 3.8) is 0 Å². The Kier molecular flexibility index (Phi) is 7.62. The molecule has 1 unspecified atom stereocenters. The van der Waals surface area contributed by atoms with Crippen molar-refractivity contribution < 1.29 is 14.3 Å². The average molecular weight is 216 g/mol. The van der Waals surface area contributed by atoms with Gasteiger partial charge in [0.05, 0.1) is 13.5 Å². The zero-order chi connectivity index (χ0) is 11.7. The quantitative estimate of drug-likeness (QED) is 0.595. The minimum absolute atomic E-state index is 0.0421. The Morgan fingerprint density at radius 2 is 2.07 bits per heavy atom. The van der Waals surface area contributed by atoms with Gasteiger partial charge in [-0.25, -0.2) is 0 Å². The lowest BCUT2D eigenvalue weighted by Crippen LogP contribution is -2.26. The van der Waals surface area contributed by atoms with E-state index < -0.39 is 0 Å². The van der Waals surface area contributed by atoms with Crippen molar-refractivity contribution in [3.8, 4) is 0 Å². The van der Waals surface area contributed by atoms with E-state index in [1.807, 2.05) is 6.92 Å². The number of methoxy groups -OCH3 is 1. The highest BCUT2D eigenvalue weighted by Gasteiger charge is 2.04. The van der Waals surface area contributed by atoms with E-state index in [-0.39, 0.29) is 24.3 Å². The van der Waals surface area contributed by atoms with Crippen molar-refractivity contribution in [2.24, 2.45) is 5.73 Å². The SMILES string of the molecule is COC(=O)CCNC(=O)CCCC(C)N. The predicted molar refractivity (Wildman–Crippen MR) is 57.1 cm³/mol. The third-order valence-corrected chi connectivity index (χ3v) is 1.94. The Morgan fingerprint density at radius 1 is 1.40 bits per heavy atom. The highest BCUT2D eigenvalue weighted by Crippen LogP contribution is 1.97. The molecular formula is C10H20N2O3. The van der Waals surface area contributed by atoms with Crippen molar-refractivity contribution in [1.29, 1.82) is 0 Å². The van der Waals surface area contributed by atoms with E-state index in [1.165, 1.54) is 7.11 Å². The number of hydrogen-bond donors (Lipinski definition) is 2. The van der Waals surface area contributed by atoms with E-state index in [0.717, 1.165) is 12.8 Å². The highest BCUT2D eigenvalue weighted by molar-refractivity contribution is 5.76. The van der Waals surface area contributed by atoms with Crippen LogP contribution in [0.2, 0.25) is 0 Å². The monoisotopic (exact) mass is 216 g/mol. The molecule has 0 aliphatic carbocycles. The minimum atomic E-state index is -0.314. The van der Waals surface area contributed by atoms with Crippen LogP contribution >= 0.6 is 0 Å². The fraction of sp³-hybridized carbons (Fsp3) is 0.800. The van der Waals surface area contributed by atoms with Gasteiger partial charge in [-0.05, 0) is 19.8 Å². The summed E-state index contributed by atoms with van der Waals surface area (Å²) in [5.41, 5.74) is 5.54. The first-order valence-corrected chi connectivity index (χ1v) is 5.15. The first-order valence-electron chi connectivity index (χ1n) is 5.15. The summed E-state index contributed by atoms with van der Waals surface area (Å²) in [7, 11) is 1.33.